The largest absolute Gasteiger partial charge is 0.484 e. The molecule has 6 heteroatoms. The molecule has 6 nitrogen and oxygen atoms in total. The van der Waals surface area contributed by atoms with Gasteiger partial charge in [0.05, 0.1) is 5.69 Å². The van der Waals surface area contributed by atoms with Crippen LogP contribution >= 0.6 is 0 Å². The molecule has 0 bridgehead atoms. The maximum Gasteiger partial charge on any atom is 0.361 e. The predicted molar refractivity (Wildman–Crippen MR) is 164 cm³/mol. The summed E-state index contributed by atoms with van der Waals surface area (Å²) in [6.45, 7) is 7.63. The minimum absolute atomic E-state index is 0.145. The van der Waals surface area contributed by atoms with Gasteiger partial charge in [-0.05, 0) is 73.6 Å². The number of carbonyl (C=O) groups excluding carboxylic acids is 1. The van der Waals surface area contributed by atoms with Gasteiger partial charge in [-0.15, -0.1) is 0 Å². The van der Waals surface area contributed by atoms with E-state index in [0.29, 0.717) is 30.3 Å². The van der Waals surface area contributed by atoms with Crippen LogP contribution < -0.4 is 4.74 Å². The van der Waals surface area contributed by atoms with E-state index >= 15 is 0 Å². The molecular formula is C36H35N3O3. The Labute approximate surface area is 247 Å². The van der Waals surface area contributed by atoms with Crippen LogP contribution in [-0.4, -0.2) is 26.5 Å². The fraction of sp³-hybridized carbons (Fsp3) is 0.222. The lowest BCUT2D eigenvalue weighted by Gasteiger charge is -2.21. The molecule has 5 aromatic rings. The Balaban J connectivity index is 1.32. The van der Waals surface area contributed by atoms with Crippen LogP contribution in [0.15, 0.2) is 103 Å². The van der Waals surface area contributed by atoms with Crippen molar-refractivity contribution in [2.24, 2.45) is 0 Å². The van der Waals surface area contributed by atoms with Crippen LogP contribution in [0, 0.1) is 6.92 Å². The van der Waals surface area contributed by atoms with E-state index in [-0.39, 0.29) is 5.69 Å². The van der Waals surface area contributed by atoms with E-state index in [1.807, 2.05) is 70.3 Å². The molecule has 3 aromatic carbocycles. The number of rotatable bonds is 9. The molecule has 0 unspecified atom stereocenters. The van der Waals surface area contributed by atoms with Crippen molar-refractivity contribution < 1.29 is 14.3 Å². The van der Waals surface area contributed by atoms with Crippen LogP contribution in [0.4, 0.5) is 0 Å². The molecule has 0 radical (unpaired) electrons. The standard InChI is InChI=1S/C36H35N3O3/c1-25-34(41-24-28-9-6-5-7-10-28)33(35(40)42-36(2,3)4)39-32(38-25)22-27-14-18-31(19-15-27)30-16-12-26(13-17-30)21-29-11-8-20-37-23-29/h5-20,23H,21-22,24H2,1-4H3. The van der Waals surface area contributed by atoms with E-state index in [1.54, 1.807) is 6.20 Å². The second kappa shape index (κ2) is 12.8. The number of carbonyl (C=O) groups is 1. The van der Waals surface area contributed by atoms with Gasteiger partial charge in [-0.1, -0.05) is 84.9 Å². The molecule has 0 atom stereocenters. The van der Waals surface area contributed by atoms with Crippen molar-refractivity contribution in [3.05, 3.63) is 143 Å². The summed E-state index contributed by atoms with van der Waals surface area (Å²) in [7, 11) is 0. The molecule has 5 rings (SSSR count). The number of nitrogens with zero attached hydrogens (tertiary/aromatic N) is 3. The summed E-state index contributed by atoms with van der Waals surface area (Å²) in [5.74, 6) is 0.353. The minimum atomic E-state index is -0.667. The summed E-state index contributed by atoms with van der Waals surface area (Å²) >= 11 is 0. The van der Waals surface area contributed by atoms with Crippen LogP contribution in [-0.2, 0) is 24.2 Å². The maximum atomic E-state index is 13.2. The van der Waals surface area contributed by atoms with Gasteiger partial charge in [0.15, 0.2) is 11.4 Å². The third kappa shape index (κ3) is 7.67. The Bertz CT molecular complexity index is 1630. The fourth-order valence-electron chi connectivity index (χ4n) is 4.62. The number of hydrogen-bond donors (Lipinski definition) is 0. The van der Waals surface area contributed by atoms with Crippen LogP contribution in [0.25, 0.3) is 11.1 Å². The first-order valence-electron chi connectivity index (χ1n) is 14.1. The summed E-state index contributed by atoms with van der Waals surface area (Å²) in [5.41, 5.74) is 6.81. The van der Waals surface area contributed by atoms with Crippen molar-refractivity contribution in [2.75, 3.05) is 0 Å². The Morgan fingerprint density at radius 2 is 1.33 bits per heavy atom. The highest BCUT2D eigenvalue weighted by Crippen LogP contribution is 2.26. The van der Waals surface area contributed by atoms with Crippen molar-refractivity contribution in [1.29, 1.82) is 0 Å². The molecule has 42 heavy (non-hydrogen) atoms. The van der Waals surface area contributed by atoms with Crippen molar-refractivity contribution >= 4 is 5.97 Å². The average molecular weight is 558 g/mol. The van der Waals surface area contributed by atoms with Gasteiger partial charge in [0.2, 0.25) is 0 Å². The lowest BCUT2D eigenvalue weighted by atomic mass is 9.99. The van der Waals surface area contributed by atoms with E-state index in [0.717, 1.165) is 28.7 Å². The number of aromatic nitrogens is 3. The summed E-state index contributed by atoms with van der Waals surface area (Å²) < 4.78 is 11.7. The minimum Gasteiger partial charge on any atom is -0.484 e. The monoisotopic (exact) mass is 557 g/mol. The normalized spacial score (nSPS) is 11.2. The molecule has 2 aromatic heterocycles. The molecule has 0 spiro atoms. The molecule has 0 fully saturated rings. The van der Waals surface area contributed by atoms with E-state index in [1.165, 1.54) is 11.1 Å². The summed E-state index contributed by atoms with van der Waals surface area (Å²) in [6.07, 6.45) is 5.02. The number of pyridine rings is 1. The quantitative estimate of drug-likeness (QED) is 0.174. The van der Waals surface area contributed by atoms with Gasteiger partial charge in [-0.3, -0.25) is 4.98 Å². The average Bonchev–Trinajstić information content (AvgIpc) is 2.97. The molecule has 0 N–H and O–H groups in total. The molecule has 0 aliphatic rings. The Morgan fingerprint density at radius 3 is 1.93 bits per heavy atom. The van der Waals surface area contributed by atoms with E-state index in [4.69, 9.17) is 14.5 Å². The Kier molecular flexibility index (Phi) is 8.72. The summed E-state index contributed by atoms with van der Waals surface area (Å²) in [6, 6.07) is 30.8. The smallest absolute Gasteiger partial charge is 0.361 e. The molecule has 0 saturated carbocycles. The first-order valence-corrected chi connectivity index (χ1v) is 14.1. The molecule has 0 amide bonds. The summed E-state index contributed by atoms with van der Waals surface area (Å²) in [4.78, 5) is 26.7. The van der Waals surface area contributed by atoms with Crippen molar-refractivity contribution in [3.63, 3.8) is 0 Å². The second-order valence-electron chi connectivity index (χ2n) is 11.3. The number of esters is 1. The van der Waals surface area contributed by atoms with Gasteiger partial charge in [0, 0.05) is 18.8 Å². The Morgan fingerprint density at radius 1 is 0.714 bits per heavy atom. The number of aryl methyl sites for hydroxylation is 1. The van der Waals surface area contributed by atoms with E-state index < -0.39 is 11.6 Å². The van der Waals surface area contributed by atoms with Crippen LogP contribution in [0.1, 0.15) is 65.0 Å². The predicted octanol–water partition coefficient (Wildman–Crippen LogP) is 7.56. The molecule has 212 valence electrons. The van der Waals surface area contributed by atoms with Gasteiger partial charge in [0.1, 0.15) is 18.0 Å². The molecular weight excluding hydrogens is 522 g/mol. The van der Waals surface area contributed by atoms with Gasteiger partial charge >= 0.3 is 5.97 Å². The van der Waals surface area contributed by atoms with Gasteiger partial charge in [0.25, 0.3) is 0 Å². The second-order valence-corrected chi connectivity index (χ2v) is 11.3. The molecule has 0 saturated heterocycles. The SMILES string of the molecule is Cc1nc(Cc2ccc(-c3ccc(Cc4cccnc4)cc3)cc2)nc(C(=O)OC(C)(C)C)c1OCc1ccccc1. The highest BCUT2D eigenvalue weighted by Gasteiger charge is 2.25. The maximum absolute atomic E-state index is 13.2. The van der Waals surface area contributed by atoms with Crippen LogP contribution in [0.3, 0.4) is 0 Å². The zero-order chi connectivity index (χ0) is 29.5. The Hall–Kier alpha value is -4.84. The first kappa shape index (κ1) is 28.7. The zero-order valence-electron chi connectivity index (χ0n) is 24.5. The van der Waals surface area contributed by atoms with Crippen molar-refractivity contribution in [2.45, 2.75) is 52.7 Å². The van der Waals surface area contributed by atoms with Crippen molar-refractivity contribution in [1.82, 2.24) is 15.0 Å². The van der Waals surface area contributed by atoms with Crippen molar-refractivity contribution in [3.8, 4) is 16.9 Å². The number of benzene rings is 3. The molecule has 2 heterocycles. The zero-order valence-corrected chi connectivity index (χ0v) is 24.5. The van der Waals surface area contributed by atoms with E-state index in [9.17, 15) is 4.79 Å². The number of ether oxygens (including phenoxy) is 2. The fourth-order valence-corrected chi connectivity index (χ4v) is 4.62. The van der Waals surface area contributed by atoms with Crippen LogP contribution in [0.5, 0.6) is 5.75 Å². The van der Waals surface area contributed by atoms with Gasteiger partial charge in [-0.25, -0.2) is 14.8 Å². The molecule has 0 aliphatic carbocycles. The summed E-state index contributed by atoms with van der Waals surface area (Å²) in [5, 5.41) is 0. The lowest BCUT2D eigenvalue weighted by molar-refractivity contribution is 0.00573. The lowest BCUT2D eigenvalue weighted by Crippen LogP contribution is -2.25. The topological polar surface area (TPSA) is 74.2 Å². The van der Waals surface area contributed by atoms with Gasteiger partial charge in [-0.2, -0.15) is 0 Å². The number of hydrogen-bond acceptors (Lipinski definition) is 6. The van der Waals surface area contributed by atoms with Gasteiger partial charge < -0.3 is 9.47 Å². The van der Waals surface area contributed by atoms with Crippen LogP contribution in [0.2, 0.25) is 0 Å². The third-order valence-electron chi connectivity index (χ3n) is 6.63. The first-order chi connectivity index (χ1) is 20.2. The van der Waals surface area contributed by atoms with E-state index in [2.05, 4.69) is 64.6 Å². The third-order valence-corrected chi connectivity index (χ3v) is 6.63. The highest BCUT2D eigenvalue weighted by atomic mass is 16.6. The highest BCUT2D eigenvalue weighted by molar-refractivity contribution is 5.91. The molecule has 0 aliphatic heterocycles.